The number of benzene rings is 2. The van der Waals surface area contributed by atoms with E-state index in [4.69, 9.17) is 9.47 Å². The van der Waals surface area contributed by atoms with E-state index in [-0.39, 0.29) is 25.1 Å². The first-order chi connectivity index (χ1) is 14.1. The minimum absolute atomic E-state index is 0.0728. The Labute approximate surface area is 169 Å². The van der Waals surface area contributed by atoms with E-state index in [0.29, 0.717) is 11.3 Å². The van der Waals surface area contributed by atoms with Crippen LogP contribution in [0.25, 0.3) is 0 Å². The number of hydrogen-bond acceptors (Lipinski definition) is 5. The molecule has 7 nitrogen and oxygen atoms in total. The Kier molecular flexibility index (Phi) is 6.84. The van der Waals surface area contributed by atoms with Crippen LogP contribution in [0.4, 0.5) is 0 Å². The van der Waals surface area contributed by atoms with Crippen LogP contribution in [0.3, 0.4) is 0 Å². The molecule has 0 radical (unpaired) electrons. The zero-order chi connectivity index (χ0) is 20.6. The van der Waals surface area contributed by atoms with Gasteiger partial charge in [0.15, 0.2) is 6.61 Å². The summed E-state index contributed by atoms with van der Waals surface area (Å²) in [6.45, 7) is -0.724. The van der Waals surface area contributed by atoms with Crippen LogP contribution in [0.2, 0.25) is 0 Å². The summed E-state index contributed by atoms with van der Waals surface area (Å²) in [5, 5.41) is 5.38. The van der Waals surface area contributed by atoms with Gasteiger partial charge in [-0.05, 0) is 42.5 Å². The summed E-state index contributed by atoms with van der Waals surface area (Å²) >= 11 is 0. The molecule has 2 amide bonds. The van der Waals surface area contributed by atoms with E-state index in [9.17, 15) is 14.4 Å². The second-order valence-electron chi connectivity index (χ2n) is 6.75. The van der Waals surface area contributed by atoms with Gasteiger partial charge in [0.25, 0.3) is 11.8 Å². The molecule has 0 spiro atoms. The Morgan fingerprint density at radius 1 is 1.07 bits per heavy atom. The molecular weight excluding hydrogens is 372 g/mol. The van der Waals surface area contributed by atoms with Gasteiger partial charge in [-0.1, -0.05) is 36.4 Å². The van der Waals surface area contributed by atoms with Crippen molar-refractivity contribution in [1.82, 2.24) is 10.6 Å². The smallest absolute Gasteiger partial charge is 0.325 e. The SMILES string of the molecule is COc1ccccc1C(=O)NCC(=O)OCC(=O)N[C@H]1CCCc2ccccc21. The number of esters is 1. The van der Waals surface area contributed by atoms with Crippen molar-refractivity contribution in [2.24, 2.45) is 0 Å². The number of hydrogen-bond donors (Lipinski definition) is 2. The average Bonchev–Trinajstić information content (AvgIpc) is 2.76. The van der Waals surface area contributed by atoms with Crippen molar-refractivity contribution in [2.75, 3.05) is 20.3 Å². The lowest BCUT2D eigenvalue weighted by molar-refractivity contribution is -0.147. The lowest BCUT2D eigenvalue weighted by Crippen LogP contribution is -2.36. The summed E-state index contributed by atoms with van der Waals surface area (Å²) in [6.07, 6.45) is 2.85. The third-order valence-corrected chi connectivity index (χ3v) is 4.81. The number of para-hydroxylation sites is 1. The van der Waals surface area contributed by atoms with Crippen molar-refractivity contribution in [3.05, 3.63) is 65.2 Å². The summed E-state index contributed by atoms with van der Waals surface area (Å²) in [6, 6.07) is 14.6. The Morgan fingerprint density at radius 3 is 2.66 bits per heavy atom. The topological polar surface area (TPSA) is 93.7 Å². The van der Waals surface area contributed by atoms with Gasteiger partial charge < -0.3 is 20.1 Å². The lowest BCUT2D eigenvalue weighted by Gasteiger charge is -2.26. The van der Waals surface area contributed by atoms with Gasteiger partial charge in [0.2, 0.25) is 0 Å². The van der Waals surface area contributed by atoms with Crippen LogP contribution in [0, 0.1) is 0 Å². The molecule has 0 saturated heterocycles. The molecule has 0 aliphatic heterocycles. The molecule has 0 bridgehead atoms. The third-order valence-electron chi connectivity index (χ3n) is 4.81. The van der Waals surface area contributed by atoms with E-state index in [1.54, 1.807) is 24.3 Å². The molecule has 0 unspecified atom stereocenters. The Morgan fingerprint density at radius 2 is 1.83 bits per heavy atom. The summed E-state index contributed by atoms with van der Waals surface area (Å²) in [7, 11) is 1.46. The molecule has 29 heavy (non-hydrogen) atoms. The first kappa shape index (κ1) is 20.4. The molecule has 2 aromatic carbocycles. The number of rotatable bonds is 7. The average molecular weight is 396 g/mol. The summed E-state index contributed by atoms with van der Waals surface area (Å²) in [5.41, 5.74) is 2.67. The van der Waals surface area contributed by atoms with E-state index < -0.39 is 11.9 Å². The number of aryl methyl sites for hydroxylation is 1. The maximum atomic E-state index is 12.2. The first-order valence-corrected chi connectivity index (χ1v) is 9.52. The predicted octanol–water partition coefficient (Wildman–Crippen LogP) is 2.16. The second kappa shape index (κ2) is 9.73. The third kappa shape index (κ3) is 5.34. The molecule has 0 fully saturated rings. The molecule has 1 aliphatic carbocycles. The maximum Gasteiger partial charge on any atom is 0.325 e. The lowest BCUT2D eigenvalue weighted by atomic mass is 9.88. The zero-order valence-electron chi connectivity index (χ0n) is 16.3. The number of methoxy groups -OCH3 is 1. The fourth-order valence-corrected chi connectivity index (χ4v) is 3.42. The van der Waals surface area contributed by atoms with Crippen LogP contribution in [-0.2, 0) is 20.7 Å². The van der Waals surface area contributed by atoms with E-state index in [1.165, 1.54) is 12.7 Å². The van der Waals surface area contributed by atoms with Crippen LogP contribution < -0.4 is 15.4 Å². The van der Waals surface area contributed by atoms with Crippen LogP contribution in [0.15, 0.2) is 48.5 Å². The molecular formula is C22H24N2O5. The number of ether oxygens (including phenoxy) is 2. The molecule has 0 heterocycles. The summed E-state index contributed by atoms with van der Waals surface area (Å²) in [4.78, 5) is 36.2. The largest absolute Gasteiger partial charge is 0.496 e. The highest BCUT2D eigenvalue weighted by Crippen LogP contribution is 2.29. The molecule has 1 aliphatic rings. The van der Waals surface area contributed by atoms with Crippen molar-refractivity contribution >= 4 is 17.8 Å². The molecule has 2 N–H and O–H groups in total. The number of nitrogens with one attached hydrogen (secondary N) is 2. The predicted molar refractivity (Wildman–Crippen MR) is 107 cm³/mol. The minimum Gasteiger partial charge on any atom is -0.496 e. The van der Waals surface area contributed by atoms with E-state index in [0.717, 1.165) is 24.8 Å². The van der Waals surface area contributed by atoms with Crippen LogP contribution in [0.1, 0.15) is 40.4 Å². The zero-order valence-corrected chi connectivity index (χ0v) is 16.3. The van der Waals surface area contributed by atoms with Crippen molar-refractivity contribution in [1.29, 1.82) is 0 Å². The highest BCUT2D eigenvalue weighted by Gasteiger charge is 2.22. The van der Waals surface area contributed by atoms with Gasteiger partial charge in [-0.15, -0.1) is 0 Å². The molecule has 0 saturated carbocycles. The molecule has 2 aromatic rings. The van der Waals surface area contributed by atoms with Crippen LogP contribution in [0.5, 0.6) is 5.75 Å². The van der Waals surface area contributed by atoms with Gasteiger partial charge in [-0.3, -0.25) is 14.4 Å². The molecule has 1 atom stereocenters. The van der Waals surface area contributed by atoms with Crippen LogP contribution >= 0.6 is 0 Å². The quantitative estimate of drug-likeness (QED) is 0.700. The summed E-state index contributed by atoms with van der Waals surface area (Å²) < 4.78 is 10.1. The van der Waals surface area contributed by atoms with Gasteiger partial charge in [-0.25, -0.2) is 0 Å². The second-order valence-corrected chi connectivity index (χ2v) is 6.75. The van der Waals surface area contributed by atoms with Gasteiger partial charge >= 0.3 is 5.97 Å². The van der Waals surface area contributed by atoms with Crippen LogP contribution in [-0.4, -0.2) is 38.0 Å². The number of amides is 2. The van der Waals surface area contributed by atoms with Crippen molar-refractivity contribution in [3.63, 3.8) is 0 Å². The number of carbonyl (C=O) groups is 3. The molecule has 7 heteroatoms. The fourth-order valence-electron chi connectivity index (χ4n) is 3.42. The highest BCUT2D eigenvalue weighted by molar-refractivity contribution is 5.98. The fraction of sp³-hybridized carbons (Fsp3) is 0.318. The van der Waals surface area contributed by atoms with Gasteiger partial charge in [0, 0.05) is 0 Å². The Hall–Kier alpha value is -3.35. The van der Waals surface area contributed by atoms with E-state index >= 15 is 0 Å². The monoisotopic (exact) mass is 396 g/mol. The Balaban J connectivity index is 1.44. The maximum absolute atomic E-state index is 12.2. The van der Waals surface area contributed by atoms with Crippen molar-refractivity contribution in [2.45, 2.75) is 25.3 Å². The van der Waals surface area contributed by atoms with Gasteiger partial charge in [0.1, 0.15) is 12.3 Å². The van der Waals surface area contributed by atoms with E-state index in [2.05, 4.69) is 16.7 Å². The molecule has 0 aromatic heterocycles. The number of carbonyl (C=O) groups excluding carboxylic acids is 3. The van der Waals surface area contributed by atoms with E-state index in [1.807, 2.05) is 18.2 Å². The Bertz CT molecular complexity index is 896. The summed E-state index contributed by atoms with van der Waals surface area (Å²) in [5.74, 6) is -1.10. The first-order valence-electron chi connectivity index (χ1n) is 9.52. The van der Waals surface area contributed by atoms with Gasteiger partial charge in [0.05, 0.1) is 18.7 Å². The number of fused-ring (bicyclic) bond motifs is 1. The molecule has 3 rings (SSSR count). The van der Waals surface area contributed by atoms with Crippen molar-refractivity contribution < 1.29 is 23.9 Å². The normalized spacial score (nSPS) is 15.0. The van der Waals surface area contributed by atoms with Gasteiger partial charge in [-0.2, -0.15) is 0 Å². The van der Waals surface area contributed by atoms with Crippen molar-refractivity contribution in [3.8, 4) is 5.75 Å². The highest BCUT2D eigenvalue weighted by atomic mass is 16.5. The minimum atomic E-state index is -0.688. The molecule has 152 valence electrons. The standard InChI is InChI=1S/C22H24N2O5/c1-28-19-12-5-4-10-17(19)22(27)23-13-21(26)29-14-20(25)24-18-11-6-8-15-7-2-3-9-16(15)18/h2-5,7,9-10,12,18H,6,8,11,13-14H2,1H3,(H,23,27)(H,24,25)/t18-/m0/s1.